The summed E-state index contributed by atoms with van der Waals surface area (Å²) in [4.78, 5) is 42.9. The Labute approximate surface area is 200 Å². The van der Waals surface area contributed by atoms with Gasteiger partial charge in [-0.05, 0) is 64.8 Å². The van der Waals surface area contributed by atoms with Crippen LogP contribution in [-0.2, 0) is 14.3 Å². The fraction of sp³-hybridized carbons (Fsp3) is 0.520. The van der Waals surface area contributed by atoms with Crippen molar-refractivity contribution in [3.05, 3.63) is 35.5 Å². The first-order valence-corrected chi connectivity index (χ1v) is 11.6. The topological polar surface area (TPSA) is 136 Å². The normalized spacial score (nSPS) is 12.9. The quantitative estimate of drug-likeness (QED) is 0.204. The lowest BCUT2D eigenvalue weighted by atomic mass is 10.0. The summed E-state index contributed by atoms with van der Waals surface area (Å²) >= 11 is 0. The van der Waals surface area contributed by atoms with Crippen molar-refractivity contribution < 1.29 is 23.9 Å². The highest BCUT2D eigenvalue weighted by molar-refractivity contribution is 6.06. The maximum atomic E-state index is 12.5. The fourth-order valence-corrected chi connectivity index (χ4v) is 3.31. The van der Waals surface area contributed by atoms with Gasteiger partial charge in [-0.1, -0.05) is 19.8 Å². The molecule has 4 N–H and O–H groups in total. The standard InChI is InChI=1S/C25H36N4O5/c1-6-33-23(31)16(2)10-8-7-9-13-27-22(30)20-15-18-14-17(11-12-19(18)28-20)21(26)29-24(32)34-25(3,4)5/h11-12,14-16,28H,6-10,13H2,1-5H3,(H,27,30)(H2,26,29,32). The molecule has 2 rings (SSSR count). The number of H-pyrrole nitrogens is 1. The van der Waals surface area contributed by atoms with Gasteiger partial charge in [0.05, 0.1) is 12.5 Å². The van der Waals surface area contributed by atoms with Gasteiger partial charge >= 0.3 is 12.1 Å². The average Bonchev–Trinajstić information content (AvgIpc) is 3.18. The molecule has 9 heteroatoms. The van der Waals surface area contributed by atoms with Gasteiger partial charge in [-0.25, -0.2) is 4.79 Å². The molecule has 186 valence electrons. The Morgan fingerprint density at radius 1 is 1.15 bits per heavy atom. The van der Waals surface area contributed by atoms with Crippen LogP contribution in [0, 0.1) is 5.92 Å². The molecule has 1 aromatic carbocycles. The summed E-state index contributed by atoms with van der Waals surface area (Å²) in [6.45, 7) is 9.87. The van der Waals surface area contributed by atoms with Crippen molar-refractivity contribution in [2.45, 2.75) is 65.9 Å². The number of amidine groups is 1. The highest BCUT2D eigenvalue weighted by atomic mass is 16.6. The lowest BCUT2D eigenvalue weighted by molar-refractivity contribution is -0.147. The Bertz CT molecular complexity index is 1040. The molecule has 1 heterocycles. The molecule has 0 saturated carbocycles. The van der Waals surface area contributed by atoms with Crippen molar-refractivity contribution in [1.82, 2.24) is 10.3 Å². The van der Waals surface area contributed by atoms with Crippen molar-refractivity contribution in [3.8, 4) is 0 Å². The molecule has 2 aromatic rings. The first kappa shape index (κ1) is 26.9. The van der Waals surface area contributed by atoms with Gasteiger partial charge in [0.2, 0.25) is 0 Å². The third kappa shape index (κ3) is 8.53. The van der Waals surface area contributed by atoms with Gasteiger partial charge in [-0.2, -0.15) is 4.99 Å². The summed E-state index contributed by atoms with van der Waals surface area (Å²) in [5.74, 6) is -0.418. The fourth-order valence-electron chi connectivity index (χ4n) is 3.31. The van der Waals surface area contributed by atoms with Gasteiger partial charge in [0.15, 0.2) is 0 Å². The number of nitrogens with one attached hydrogen (secondary N) is 2. The second-order valence-electron chi connectivity index (χ2n) is 9.22. The summed E-state index contributed by atoms with van der Waals surface area (Å²) in [6.07, 6.45) is 2.66. The number of rotatable bonds is 10. The maximum Gasteiger partial charge on any atom is 0.436 e. The van der Waals surface area contributed by atoms with Crippen molar-refractivity contribution in [3.63, 3.8) is 0 Å². The Kier molecular flexibility index (Phi) is 9.65. The van der Waals surface area contributed by atoms with Crippen LogP contribution in [0.2, 0.25) is 0 Å². The number of carbonyl (C=O) groups excluding carboxylic acids is 3. The highest BCUT2D eigenvalue weighted by Crippen LogP contribution is 2.18. The number of esters is 1. The van der Waals surface area contributed by atoms with Gasteiger partial charge < -0.3 is 25.5 Å². The van der Waals surface area contributed by atoms with E-state index in [4.69, 9.17) is 15.2 Å². The van der Waals surface area contributed by atoms with Crippen LogP contribution in [0.5, 0.6) is 0 Å². The van der Waals surface area contributed by atoms with Crippen LogP contribution in [-0.4, -0.2) is 47.5 Å². The van der Waals surface area contributed by atoms with E-state index in [2.05, 4.69) is 15.3 Å². The number of hydrogen-bond acceptors (Lipinski definition) is 5. The zero-order chi connectivity index (χ0) is 25.3. The first-order valence-electron chi connectivity index (χ1n) is 11.6. The third-order valence-corrected chi connectivity index (χ3v) is 5.05. The number of amides is 2. The van der Waals surface area contributed by atoms with E-state index in [0.717, 1.165) is 36.6 Å². The molecule has 0 fully saturated rings. The molecule has 0 radical (unpaired) electrons. The zero-order valence-electron chi connectivity index (χ0n) is 20.7. The summed E-state index contributed by atoms with van der Waals surface area (Å²) in [5.41, 5.74) is 7.07. The van der Waals surface area contributed by atoms with Crippen molar-refractivity contribution in [2.24, 2.45) is 16.6 Å². The minimum absolute atomic E-state index is 0.0422. The molecule has 0 bridgehead atoms. The molecule has 0 aliphatic rings. The van der Waals surface area contributed by atoms with Crippen LogP contribution in [0.3, 0.4) is 0 Å². The molecule has 1 aromatic heterocycles. The number of nitrogens with zero attached hydrogens (tertiary/aromatic N) is 1. The van der Waals surface area contributed by atoms with Crippen LogP contribution < -0.4 is 11.1 Å². The van der Waals surface area contributed by atoms with Crippen LogP contribution in [0.1, 0.15) is 76.4 Å². The Morgan fingerprint density at radius 2 is 1.88 bits per heavy atom. The SMILES string of the molecule is CCOC(=O)C(C)CCCCCNC(=O)c1cc2cc(/C(N)=N/C(=O)OC(C)(C)C)ccc2[nH]1. The second-order valence-corrected chi connectivity index (χ2v) is 9.22. The highest BCUT2D eigenvalue weighted by Gasteiger charge is 2.17. The van der Waals surface area contributed by atoms with E-state index in [1.54, 1.807) is 52.0 Å². The zero-order valence-corrected chi connectivity index (χ0v) is 20.7. The van der Waals surface area contributed by atoms with Crippen molar-refractivity contribution >= 4 is 34.7 Å². The molecule has 0 saturated heterocycles. The third-order valence-electron chi connectivity index (χ3n) is 5.05. The van der Waals surface area contributed by atoms with E-state index in [0.29, 0.717) is 24.4 Å². The molecule has 0 aliphatic heterocycles. The summed E-state index contributed by atoms with van der Waals surface area (Å²) < 4.78 is 10.2. The van der Waals surface area contributed by atoms with Crippen LogP contribution in [0.15, 0.2) is 29.3 Å². The number of nitrogens with two attached hydrogens (primary N) is 1. The molecule has 1 atom stereocenters. The number of aliphatic imine (C=N–C) groups is 1. The minimum atomic E-state index is -0.755. The van der Waals surface area contributed by atoms with Crippen LogP contribution in [0.25, 0.3) is 10.9 Å². The predicted molar refractivity (Wildman–Crippen MR) is 132 cm³/mol. The average molecular weight is 473 g/mol. The maximum absolute atomic E-state index is 12.5. The van der Waals surface area contributed by atoms with Crippen LogP contribution >= 0.6 is 0 Å². The molecule has 9 nitrogen and oxygen atoms in total. The molecule has 34 heavy (non-hydrogen) atoms. The molecular weight excluding hydrogens is 436 g/mol. The molecule has 0 aliphatic carbocycles. The summed E-state index contributed by atoms with van der Waals surface area (Å²) in [6, 6.07) is 7.00. The number of fused-ring (bicyclic) bond motifs is 1. The smallest absolute Gasteiger partial charge is 0.436 e. The van der Waals surface area contributed by atoms with Gasteiger partial charge in [0, 0.05) is 23.0 Å². The number of aromatic nitrogens is 1. The Hall–Kier alpha value is -3.36. The van der Waals surface area contributed by atoms with Gasteiger partial charge in [-0.3, -0.25) is 9.59 Å². The first-order chi connectivity index (χ1) is 16.0. The second kappa shape index (κ2) is 12.2. The number of benzene rings is 1. The number of unbranched alkanes of at least 4 members (excludes halogenated alkanes) is 2. The largest absolute Gasteiger partial charge is 0.466 e. The van der Waals surface area contributed by atoms with E-state index < -0.39 is 11.7 Å². The summed E-state index contributed by atoms with van der Waals surface area (Å²) in [5, 5.41) is 3.68. The number of carbonyl (C=O) groups is 3. The molecule has 0 spiro atoms. The number of ether oxygens (including phenoxy) is 2. The van der Waals surface area contributed by atoms with E-state index in [1.165, 1.54) is 0 Å². The van der Waals surface area contributed by atoms with E-state index in [9.17, 15) is 14.4 Å². The lowest BCUT2D eigenvalue weighted by Crippen LogP contribution is -2.24. The van der Waals surface area contributed by atoms with Gasteiger partial charge in [-0.15, -0.1) is 0 Å². The van der Waals surface area contributed by atoms with Crippen molar-refractivity contribution in [1.29, 1.82) is 0 Å². The molecule has 1 unspecified atom stereocenters. The number of hydrogen-bond donors (Lipinski definition) is 3. The number of aromatic amines is 1. The van der Waals surface area contributed by atoms with E-state index >= 15 is 0 Å². The monoisotopic (exact) mass is 472 g/mol. The Balaban J connectivity index is 1.87. The minimum Gasteiger partial charge on any atom is -0.466 e. The molecular formula is C25H36N4O5. The van der Waals surface area contributed by atoms with Gasteiger partial charge in [0.25, 0.3) is 5.91 Å². The van der Waals surface area contributed by atoms with E-state index in [-0.39, 0.29) is 23.6 Å². The lowest BCUT2D eigenvalue weighted by Gasteiger charge is -2.17. The van der Waals surface area contributed by atoms with Crippen molar-refractivity contribution in [2.75, 3.05) is 13.2 Å². The van der Waals surface area contributed by atoms with Gasteiger partial charge in [0.1, 0.15) is 17.1 Å². The predicted octanol–water partition coefficient (Wildman–Crippen LogP) is 4.30. The van der Waals surface area contributed by atoms with Crippen LogP contribution in [0.4, 0.5) is 4.79 Å². The summed E-state index contributed by atoms with van der Waals surface area (Å²) in [7, 11) is 0. The molecule has 2 amide bonds. The Morgan fingerprint density at radius 3 is 2.56 bits per heavy atom. The van der Waals surface area contributed by atoms with E-state index in [1.807, 2.05) is 6.92 Å².